The van der Waals surface area contributed by atoms with E-state index >= 15 is 0 Å². The summed E-state index contributed by atoms with van der Waals surface area (Å²) in [6.07, 6.45) is 0. The summed E-state index contributed by atoms with van der Waals surface area (Å²) in [6.45, 7) is 2.25. The molecular formula is C21H22N6O4. The standard InChI is InChI=1S/C21H22N6O4/c1-4-26-15-7-5-6-8-16(15)27(21(26)29)12-18(28)22-20-23-19(24-25-20)14-10-9-13(30-2)11-17(14)31-3/h5-11H,4,12H2,1-3H3,(H2,22,23,24,25,28). The van der Waals surface area contributed by atoms with Crippen molar-refractivity contribution >= 4 is 22.9 Å². The molecule has 31 heavy (non-hydrogen) atoms. The van der Waals surface area contributed by atoms with Crippen LogP contribution in [0.5, 0.6) is 11.5 Å². The third-order valence-electron chi connectivity index (χ3n) is 4.94. The summed E-state index contributed by atoms with van der Waals surface area (Å²) in [4.78, 5) is 29.6. The lowest BCUT2D eigenvalue weighted by molar-refractivity contribution is -0.116. The smallest absolute Gasteiger partial charge is 0.329 e. The Hall–Kier alpha value is -4.08. The minimum absolute atomic E-state index is 0.102. The van der Waals surface area contributed by atoms with Crippen LogP contribution in [-0.4, -0.2) is 44.4 Å². The molecule has 4 rings (SSSR count). The number of hydrogen-bond acceptors (Lipinski definition) is 6. The Balaban J connectivity index is 1.55. The second-order valence-electron chi connectivity index (χ2n) is 6.72. The molecule has 0 unspecified atom stereocenters. The number of nitrogens with one attached hydrogen (secondary N) is 2. The van der Waals surface area contributed by atoms with Crippen LogP contribution in [0.3, 0.4) is 0 Å². The maximum absolute atomic E-state index is 12.7. The number of aromatic amines is 1. The molecule has 160 valence electrons. The highest BCUT2D eigenvalue weighted by atomic mass is 16.5. The maximum atomic E-state index is 12.7. The average Bonchev–Trinajstić information content (AvgIpc) is 3.35. The van der Waals surface area contributed by atoms with Gasteiger partial charge in [-0.25, -0.2) is 4.79 Å². The lowest BCUT2D eigenvalue weighted by Gasteiger charge is -2.07. The molecule has 0 saturated carbocycles. The van der Waals surface area contributed by atoms with E-state index in [1.807, 2.05) is 31.2 Å². The SMILES string of the molecule is CCn1c(=O)n(CC(=O)Nc2n[nH]c(-c3ccc(OC)cc3OC)n2)c2ccccc21. The van der Waals surface area contributed by atoms with Crippen molar-refractivity contribution in [3.63, 3.8) is 0 Å². The monoisotopic (exact) mass is 422 g/mol. The van der Waals surface area contributed by atoms with Gasteiger partial charge in [-0.1, -0.05) is 12.1 Å². The van der Waals surface area contributed by atoms with Gasteiger partial charge in [0.05, 0.1) is 30.8 Å². The molecule has 10 nitrogen and oxygen atoms in total. The van der Waals surface area contributed by atoms with Gasteiger partial charge in [-0.2, -0.15) is 4.98 Å². The van der Waals surface area contributed by atoms with Crippen molar-refractivity contribution in [3.8, 4) is 22.9 Å². The first-order chi connectivity index (χ1) is 15.0. The summed E-state index contributed by atoms with van der Waals surface area (Å²) in [5.41, 5.74) is 1.91. The second kappa shape index (κ2) is 8.34. The van der Waals surface area contributed by atoms with E-state index in [2.05, 4.69) is 20.5 Å². The minimum atomic E-state index is -0.409. The van der Waals surface area contributed by atoms with Crippen molar-refractivity contribution in [1.29, 1.82) is 0 Å². The van der Waals surface area contributed by atoms with Gasteiger partial charge in [0, 0.05) is 12.6 Å². The van der Waals surface area contributed by atoms with Crippen LogP contribution >= 0.6 is 0 Å². The number of hydrogen-bond donors (Lipinski definition) is 2. The Bertz CT molecular complexity index is 1300. The Morgan fingerprint density at radius 1 is 1.10 bits per heavy atom. The molecule has 2 aromatic carbocycles. The number of methoxy groups -OCH3 is 2. The number of carbonyl (C=O) groups is 1. The van der Waals surface area contributed by atoms with E-state index in [4.69, 9.17) is 9.47 Å². The number of amides is 1. The Labute approximate surface area is 177 Å². The van der Waals surface area contributed by atoms with Crippen LogP contribution in [0.25, 0.3) is 22.4 Å². The van der Waals surface area contributed by atoms with Gasteiger partial charge in [0.1, 0.15) is 18.0 Å². The zero-order chi connectivity index (χ0) is 22.0. The molecule has 1 amide bonds. The summed E-state index contributed by atoms with van der Waals surface area (Å²) < 4.78 is 13.6. The van der Waals surface area contributed by atoms with Gasteiger partial charge >= 0.3 is 5.69 Å². The molecule has 0 aliphatic carbocycles. The number of aromatic nitrogens is 5. The van der Waals surface area contributed by atoms with Crippen molar-refractivity contribution in [2.75, 3.05) is 19.5 Å². The Kier molecular flexibility index (Phi) is 5.44. The summed E-state index contributed by atoms with van der Waals surface area (Å²) in [7, 11) is 3.11. The largest absolute Gasteiger partial charge is 0.497 e. The van der Waals surface area contributed by atoms with Crippen LogP contribution in [0.1, 0.15) is 6.92 Å². The van der Waals surface area contributed by atoms with Gasteiger partial charge in [0.2, 0.25) is 11.9 Å². The number of imidazole rings is 1. The van der Waals surface area contributed by atoms with Crippen molar-refractivity contribution in [3.05, 3.63) is 52.9 Å². The first-order valence-corrected chi connectivity index (χ1v) is 9.68. The highest BCUT2D eigenvalue weighted by Crippen LogP contribution is 2.31. The fourth-order valence-electron chi connectivity index (χ4n) is 3.47. The molecule has 4 aromatic rings. The number of ether oxygens (including phenoxy) is 2. The molecule has 2 N–H and O–H groups in total. The molecule has 0 radical (unpaired) electrons. The van der Waals surface area contributed by atoms with E-state index in [1.54, 1.807) is 37.0 Å². The fourth-order valence-corrected chi connectivity index (χ4v) is 3.47. The number of fused-ring (bicyclic) bond motifs is 1. The van der Waals surface area contributed by atoms with Crippen LogP contribution < -0.4 is 20.5 Å². The van der Waals surface area contributed by atoms with Crippen LogP contribution in [0.4, 0.5) is 5.95 Å². The highest BCUT2D eigenvalue weighted by Gasteiger charge is 2.17. The van der Waals surface area contributed by atoms with Gasteiger partial charge < -0.3 is 9.47 Å². The first kappa shape index (κ1) is 20.2. The maximum Gasteiger partial charge on any atom is 0.329 e. The number of benzene rings is 2. The zero-order valence-electron chi connectivity index (χ0n) is 17.4. The summed E-state index contributed by atoms with van der Waals surface area (Å²) in [5.74, 6) is 1.31. The summed E-state index contributed by atoms with van der Waals surface area (Å²) >= 11 is 0. The third-order valence-corrected chi connectivity index (χ3v) is 4.94. The Morgan fingerprint density at radius 3 is 2.52 bits per heavy atom. The molecule has 2 aromatic heterocycles. The molecule has 0 aliphatic rings. The van der Waals surface area contributed by atoms with Crippen molar-refractivity contribution < 1.29 is 14.3 Å². The van der Waals surface area contributed by atoms with Crippen molar-refractivity contribution in [1.82, 2.24) is 24.3 Å². The molecule has 0 spiro atoms. The lowest BCUT2D eigenvalue weighted by atomic mass is 10.2. The van der Waals surface area contributed by atoms with E-state index in [9.17, 15) is 9.59 Å². The number of rotatable bonds is 7. The van der Waals surface area contributed by atoms with Gasteiger partial charge in [-0.05, 0) is 31.2 Å². The number of anilines is 1. The zero-order valence-corrected chi connectivity index (χ0v) is 17.4. The lowest BCUT2D eigenvalue weighted by Crippen LogP contribution is -2.29. The highest BCUT2D eigenvalue weighted by molar-refractivity contribution is 5.90. The van der Waals surface area contributed by atoms with Crippen molar-refractivity contribution in [2.45, 2.75) is 20.0 Å². The normalized spacial score (nSPS) is 10.9. The van der Waals surface area contributed by atoms with E-state index in [0.717, 1.165) is 5.52 Å². The molecule has 2 heterocycles. The number of nitrogens with zero attached hydrogens (tertiary/aromatic N) is 4. The Morgan fingerprint density at radius 2 is 1.84 bits per heavy atom. The van der Waals surface area contributed by atoms with E-state index in [0.29, 0.717) is 34.9 Å². The molecule has 0 bridgehead atoms. The summed E-state index contributed by atoms with van der Waals surface area (Å²) in [6, 6.07) is 12.7. The topological polar surface area (TPSA) is 116 Å². The van der Waals surface area contributed by atoms with Gasteiger partial charge in [-0.3, -0.25) is 24.3 Å². The molecule has 0 fully saturated rings. The molecular weight excluding hydrogens is 400 g/mol. The van der Waals surface area contributed by atoms with Gasteiger partial charge in [-0.15, -0.1) is 5.10 Å². The number of carbonyl (C=O) groups excluding carboxylic acids is 1. The van der Waals surface area contributed by atoms with Crippen LogP contribution in [0.2, 0.25) is 0 Å². The number of para-hydroxylation sites is 2. The summed E-state index contributed by atoms with van der Waals surface area (Å²) in [5, 5.41) is 9.47. The van der Waals surface area contributed by atoms with E-state index in [1.165, 1.54) is 4.57 Å². The second-order valence-corrected chi connectivity index (χ2v) is 6.72. The molecule has 10 heteroatoms. The minimum Gasteiger partial charge on any atom is -0.497 e. The number of H-pyrrole nitrogens is 1. The first-order valence-electron chi connectivity index (χ1n) is 9.68. The van der Waals surface area contributed by atoms with Gasteiger partial charge in [0.15, 0.2) is 5.82 Å². The quantitative estimate of drug-likeness (QED) is 0.472. The van der Waals surface area contributed by atoms with Crippen LogP contribution in [0.15, 0.2) is 47.3 Å². The number of aryl methyl sites for hydroxylation is 1. The molecule has 0 atom stereocenters. The third kappa shape index (κ3) is 3.75. The molecule has 0 aliphatic heterocycles. The van der Waals surface area contributed by atoms with E-state index in [-0.39, 0.29) is 18.2 Å². The fraction of sp³-hybridized carbons (Fsp3) is 0.238. The van der Waals surface area contributed by atoms with Crippen LogP contribution in [0, 0.1) is 0 Å². The predicted molar refractivity (Wildman–Crippen MR) is 115 cm³/mol. The van der Waals surface area contributed by atoms with Crippen molar-refractivity contribution in [2.24, 2.45) is 0 Å². The van der Waals surface area contributed by atoms with E-state index < -0.39 is 5.91 Å². The average molecular weight is 422 g/mol. The van der Waals surface area contributed by atoms with Crippen LogP contribution in [-0.2, 0) is 17.9 Å². The molecule has 0 saturated heterocycles. The predicted octanol–water partition coefficient (Wildman–Crippen LogP) is 2.26. The van der Waals surface area contributed by atoms with Gasteiger partial charge in [0.25, 0.3) is 0 Å².